The molecule has 6 heteroatoms. The van der Waals surface area contributed by atoms with Crippen LogP contribution in [0.4, 0.5) is 5.82 Å². The molecule has 0 radical (unpaired) electrons. The largest absolute Gasteiger partial charge is 0.356 e. The molecule has 2 aliphatic rings. The standard InChI is InChI=1S/C21H20ClN3O2/c22-16-7-5-15(6-8-16)19-23-18-4-2-1-3-17(18)20(24-19)25-11-9-21(10-12-25)26-13-14-27-21/h1-8H,9-14H2. The average molecular weight is 382 g/mol. The highest BCUT2D eigenvalue weighted by molar-refractivity contribution is 6.30. The van der Waals surface area contributed by atoms with Gasteiger partial charge in [-0.2, -0.15) is 0 Å². The first kappa shape index (κ1) is 16.9. The molecule has 5 nitrogen and oxygen atoms in total. The fourth-order valence-electron chi connectivity index (χ4n) is 3.87. The number of halogens is 1. The lowest BCUT2D eigenvalue weighted by atomic mass is 10.0. The molecule has 2 aromatic carbocycles. The maximum absolute atomic E-state index is 6.03. The first-order valence-corrected chi connectivity index (χ1v) is 9.66. The van der Waals surface area contributed by atoms with Crippen LogP contribution in [0.5, 0.6) is 0 Å². The summed E-state index contributed by atoms with van der Waals surface area (Å²) in [4.78, 5) is 12.0. The number of anilines is 1. The van der Waals surface area contributed by atoms with Crippen molar-refractivity contribution in [2.45, 2.75) is 18.6 Å². The van der Waals surface area contributed by atoms with Crippen molar-refractivity contribution < 1.29 is 9.47 Å². The van der Waals surface area contributed by atoms with Crippen LogP contribution in [0, 0.1) is 0 Å². The molecule has 0 bridgehead atoms. The molecule has 0 N–H and O–H groups in total. The predicted molar refractivity (Wildman–Crippen MR) is 106 cm³/mol. The van der Waals surface area contributed by atoms with Crippen molar-refractivity contribution in [3.63, 3.8) is 0 Å². The number of ether oxygens (including phenoxy) is 2. The molecule has 5 rings (SSSR count). The Morgan fingerprint density at radius 1 is 0.889 bits per heavy atom. The van der Waals surface area contributed by atoms with Gasteiger partial charge in [0.1, 0.15) is 5.82 Å². The number of hydrogen-bond donors (Lipinski definition) is 0. The Balaban J connectivity index is 1.53. The van der Waals surface area contributed by atoms with Crippen LogP contribution in [0.25, 0.3) is 22.3 Å². The molecule has 138 valence electrons. The lowest BCUT2D eigenvalue weighted by molar-refractivity contribution is -0.169. The normalized spacial score (nSPS) is 19.1. The Hall–Kier alpha value is -2.21. The Morgan fingerprint density at radius 3 is 2.33 bits per heavy atom. The van der Waals surface area contributed by atoms with E-state index >= 15 is 0 Å². The summed E-state index contributed by atoms with van der Waals surface area (Å²) in [6, 6.07) is 15.8. The zero-order chi connectivity index (χ0) is 18.3. The van der Waals surface area contributed by atoms with Gasteiger partial charge in [-0.25, -0.2) is 9.97 Å². The molecule has 2 saturated heterocycles. The summed E-state index contributed by atoms with van der Waals surface area (Å²) in [5, 5.41) is 1.78. The van der Waals surface area contributed by atoms with Gasteiger partial charge >= 0.3 is 0 Å². The van der Waals surface area contributed by atoms with E-state index in [4.69, 9.17) is 31.0 Å². The second-order valence-electron chi connectivity index (χ2n) is 6.99. The summed E-state index contributed by atoms with van der Waals surface area (Å²) in [5.74, 6) is 1.30. The maximum atomic E-state index is 6.03. The van der Waals surface area contributed by atoms with E-state index in [0.717, 1.165) is 48.2 Å². The number of para-hydroxylation sites is 1. The number of benzene rings is 2. The monoisotopic (exact) mass is 381 g/mol. The minimum absolute atomic E-state index is 0.391. The smallest absolute Gasteiger partial charge is 0.171 e. The molecule has 0 unspecified atom stereocenters. The van der Waals surface area contributed by atoms with Gasteiger partial charge in [0, 0.05) is 41.9 Å². The van der Waals surface area contributed by atoms with E-state index < -0.39 is 5.79 Å². The van der Waals surface area contributed by atoms with Crippen molar-refractivity contribution in [2.75, 3.05) is 31.2 Å². The zero-order valence-electron chi connectivity index (χ0n) is 14.9. The van der Waals surface area contributed by atoms with Crippen LogP contribution in [0.2, 0.25) is 5.02 Å². The first-order chi connectivity index (χ1) is 13.2. The predicted octanol–water partition coefficient (Wildman–Crippen LogP) is 4.29. The van der Waals surface area contributed by atoms with Crippen molar-refractivity contribution in [1.29, 1.82) is 0 Å². The Labute approximate surface area is 162 Å². The number of rotatable bonds is 2. The van der Waals surface area contributed by atoms with E-state index in [2.05, 4.69) is 11.0 Å². The van der Waals surface area contributed by atoms with Gasteiger partial charge in [0.2, 0.25) is 0 Å². The first-order valence-electron chi connectivity index (χ1n) is 9.28. The number of nitrogens with zero attached hydrogens (tertiary/aromatic N) is 3. The zero-order valence-corrected chi connectivity index (χ0v) is 15.7. The van der Waals surface area contributed by atoms with E-state index in [9.17, 15) is 0 Å². The molecule has 0 aliphatic carbocycles. The number of hydrogen-bond acceptors (Lipinski definition) is 5. The van der Waals surface area contributed by atoms with Gasteiger partial charge in [-0.1, -0.05) is 23.7 Å². The lowest BCUT2D eigenvalue weighted by Crippen LogP contribution is -2.45. The van der Waals surface area contributed by atoms with Crippen LogP contribution < -0.4 is 4.90 Å². The molecule has 0 saturated carbocycles. The summed E-state index contributed by atoms with van der Waals surface area (Å²) in [7, 11) is 0. The molecule has 0 amide bonds. The van der Waals surface area contributed by atoms with Crippen LogP contribution in [-0.2, 0) is 9.47 Å². The third kappa shape index (κ3) is 3.16. The quantitative estimate of drug-likeness (QED) is 0.662. The number of piperidine rings is 1. The summed E-state index contributed by atoms with van der Waals surface area (Å²) in [6.45, 7) is 3.08. The van der Waals surface area contributed by atoms with Crippen molar-refractivity contribution in [3.05, 3.63) is 53.6 Å². The van der Waals surface area contributed by atoms with Crippen LogP contribution in [0.1, 0.15) is 12.8 Å². The minimum atomic E-state index is -0.391. The summed E-state index contributed by atoms with van der Waals surface area (Å²) in [6.07, 6.45) is 1.70. The van der Waals surface area contributed by atoms with Gasteiger partial charge in [-0.3, -0.25) is 0 Å². The average Bonchev–Trinajstić information content (AvgIpc) is 3.16. The molecule has 3 heterocycles. The van der Waals surface area contributed by atoms with Gasteiger partial charge in [0.15, 0.2) is 11.6 Å². The minimum Gasteiger partial charge on any atom is -0.356 e. The number of aromatic nitrogens is 2. The highest BCUT2D eigenvalue weighted by Crippen LogP contribution is 2.35. The highest BCUT2D eigenvalue weighted by Gasteiger charge is 2.40. The molecule has 2 fully saturated rings. The fourth-order valence-corrected chi connectivity index (χ4v) is 4.00. The van der Waals surface area contributed by atoms with Crippen LogP contribution in [0.3, 0.4) is 0 Å². The van der Waals surface area contributed by atoms with Gasteiger partial charge in [0.05, 0.1) is 18.7 Å². The molecule has 1 spiro atoms. The van der Waals surface area contributed by atoms with E-state index in [1.165, 1.54) is 0 Å². The van der Waals surface area contributed by atoms with E-state index in [0.29, 0.717) is 24.1 Å². The third-order valence-corrected chi connectivity index (χ3v) is 5.58. The van der Waals surface area contributed by atoms with Gasteiger partial charge in [-0.05, 0) is 36.4 Å². The topological polar surface area (TPSA) is 47.5 Å². The third-order valence-electron chi connectivity index (χ3n) is 5.32. The van der Waals surface area contributed by atoms with E-state index in [1.54, 1.807) is 0 Å². The van der Waals surface area contributed by atoms with Gasteiger partial charge in [0.25, 0.3) is 0 Å². The molecule has 2 aliphatic heterocycles. The molecule has 27 heavy (non-hydrogen) atoms. The summed E-state index contributed by atoms with van der Waals surface area (Å²) >= 11 is 6.03. The highest BCUT2D eigenvalue weighted by atomic mass is 35.5. The summed E-state index contributed by atoms with van der Waals surface area (Å²) < 4.78 is 11.7. The number of fused-ring (bicyclic) bond motifs is 1. The fraction of sp³-hybridized carbons (Fsp3) is 0.333. The van der Waals surface area contributed by atoms with Crippen molar-refractivity contribution in [2.24, 2.45) is 0 Å². The van der Waals surface area contributed by atoms with Crippen molar-refractivity contribution in [1.82, 2.24) is 9.97 Å². The molecular weight excluding hydrogens is 362 g/mol. The van der Waals surface area contributed by atoms with Crippen molar-refractivity contribution >= 4 is 28.3 Å². The Morgan fingerprint density at radius 2 is 1.59 bits per heavy atom. The molecule has 0 atom stereocenters. The van der Waals surface area contributed by atoms with E-state index in [-0.39, 0.29) is 0 Å². The summed E-state index contributed by atoms with van der Waals surface area (Å²) in [5.41, 5.74) is 1.91. The van der Waals surface area contributed by atoms with Crippen LogP contribution >= 0.6 is 11.6 Å². The lowest BCUT2D eigenvalue weighted by Gasteiger charge is -2.38. The second kappa shape index (κ2) is 6.75. The van der Waals surface area contributed by atoms with Crippen LogP contribution in [-0.4, -0.2) is 42.1 Å². The van der Waals surface area contributed by atoms with Crippen LogP contribution in [0.15, 0.2) is 48.5 Å². The molecule has 3 aromatic rings. The van der Waals surface area contributed by atoms with Gasteiger partial charge in [-0.15, -0.1) is 0 Å². The Bertz CT molecular complexity index is 961. The SMILES string of the molecule is Clc1ccc(-c2nc(N3CCC4(CC3)OCCO4)c3ccccc3n2)cc1. The maximum Gasteiger partial charge on any atom is 0.171 e. The van der Waals surface area contributed by atoms with E-state index in [1.807, 2.05) is 42.5 Å². The van der Waals surface area contributed by atoms with Gasteiger partial charge < -0.3 is 14.4 Å². The Kier molecular flexibility index (Phi) is 4.23. The molecular formula is C21H20ClN3O2. The second-order valence-corrected chi connectivity index (χ2v) is 7.43. The molecule has 1 aromatic heterocycles. The van der Waals surface area contributed by atoms with Crippen molar-refractivity contribution in [3.8, 4) is 11.4 Å².